The maximum Gasteiger partial charge on any atom is 0.254 e. The van der Waals surface area contributed by atoms with Crippen molar-refractivity contribution in [3.63, 3.8) is 0 Å². The van der Waals surface area contributed by atoms with Crippen molar-refractivity contribution in [3.05, 3.63) is 34.9 Å². The van der Waals surface area contributed by atoms with E-state index in [9.17, 15) is 9.59 Å². The number of carbonyl (C=O) groups excluding carboxylic acids is 2. The van der Waals surface area contributed by atoms with Gasteiger partial charge in [0.15, 0.2) is 0 Å². The van der Waals surface area contributed by atoms with Gasteiger partial charge in [0, 0.05) is 32.3 Å². The predicted molar refractivity (Wildman–Crippen MR) is 97.2 cm³/mol. The second-order valence-electron chi connectivity index (χ2n) is 6.99. The fraction of sp³-hybridized carbons (Fsp3) is 0.579. The Hall–Kier alpha value is -1.92. The Morgan fingerprint density at radius 2 is 2.16 bits per heavy atom. The normalized spacial score (nSPS) is 15.4. The van der Waals surface area contributed by atoms with Crippen LogP contribution in [-0.2, 0) is 22.5 Å². The van der Waals surface area contributed by atoms with Gasteiger partial charge in [-0.2, -0.15) is 0 Å². The first kappa shape index (κ1) is 19.4. The summed E-state index contributed by atoms with van der Waals surface area (Å²) in [4.78, 5) is 25.9. The van der Waals surface area contributed by atoms with E-state index in [4.69, 9.17) is 10.5 Å². The van der Waals surface area contributed by atoms with Gasteiger partial charge in [0.05, 0.1) is 12.6 Å². The lowest BCUT2D eigenvalue weighted by atomic mass is 9.96. The SMILES string of the molecule is COCCN1CCc2cc(CN[C@H](CC(C)C)C(N)=O)ccc2C1=O. The second kappa shape index (κ2) is 8.97. The Balaban J connectivity index is 2.02. The zero-order valence-electron chi connectivity index (χ0n) is 15.4. The van der Waals surface area contributed by atoms with Gasteiger partial charge >= 0.3 is 0 Å². The van der Waals surface area contributed by atoms with Crippen LogP contribution in [-0.4, -0.2) is 49.6 Å². The summed E-state index contributed by atoms with van der Waals surface area (Å²) in [5, 5.41) is 3.24. The molecular weight excluding hydrogens is 318 g/mol. The summed E-state index contributed by atoms with van der Waals surface area (Å²) >= 11 is 0. The van der Waals surface area contributed by atoms with Crippen molar-refractivity contribution < 1.29 is 14.3 Å². The summed E-state index contributed by atoms with van der Waals surface area (Å²) in [5.74, 6) is 0.132. The number of nitrogens with one attached hydrogen (secondary N) is 1. The standard InChI is InChI=1S/C19H29N3O3/c1-13(2)10-17(18(20)23)21-12-14-4-5-16-15(11-14)6-7-22(19(16)24)8-9-25-3/h4-5,11,13,17,21H,6-10,12H2,1-3H3,(H2,20,23)/t17-/m1/s1. The number of ether oxygens (including phenoxy) is 1. The smallest absolute Gasteiger partial charge is 0.254 e. The minimum Gasteiger partial charge on any atom is -0.383 e. The summed E-state index contributed by atoms with van der Waals surface area (Å²) in [6, 6.07) is 5.55. The molecule has 0 fully saturated rings. The molecule has 0 aromatic heterocycles. The average Bonchev–Trinajstić information content (AvgIpc) is 2.57. The van der Waals surface area contributed by atoms with Crippen LogP contribution in [0.4, 0.5) is 0 Å². The van der Waals surface area contributed by atoms with Gasteiger partial charge in [-0.15, -0.1) is 0 Å². The number of methoxy groups -OCH3 is 1. The van der Waals surface area contributed by atoms with Gasteiger partial charge in [-0.05, 0) is 36.0 Å². The highest BCUT2D eigenvalue weighted by Crippen LogP contribution is 2.20. The Kier molecular flexibility index (Phi) is 6.96. The van der Waals surface area contributed by atoms with Gasteiger partial charge in [0.1, 0.15) is 0 Å². The maximum atomic E-state index is 12.5. The highest BCUT2D eigenvalue weighted by Gasteiger charge is 2.24. The summed E-state index contributed by atoms with van der Waals surface area (Å²) in [6.07, 6.45) is 1.55. The fourth-order valence-corrected chi connectivity index (χ4v) is 3.13. The highest BCUT2D eigenvalue weighted by atomic mass is 16.5. The number of amides is 2. The molecule has 2 amide bonds. The van der Waals surface area contributed by atoms with Crippen molar-refractivity contribution in [2.24, 2.45) is 11.7 Å². The second-order valence-corrected chi connectivity index (χ2v) is 6.99. The molecule has 3 N–H and O–H groups in total. The van der Waals surface area contributed by atoms with Crippen LogP contribution in [0.2, 0.25) is 0 Å². The van der Waals surface area contributed by atoms with Gasteiger partial charge < -0.3 is 20.7 Å². The van der Waals surface area contributed by atoms with Crippen molar-refractivity contribution in [2.75, 3.05) is 26.8 Å². The van der Waals surface area contributed by atoms with E-state index in [1.165, 1.54) is 0 Å². The Labute approximate surface area is 149 Å². The topological polar surface area (TPSA) is 84.7 Å². The van der Waals surface area contributed by atoms with Crippen LogP contribution in [0.15, 0.2) is 18.2 Å². The summed E-state index contributed by atoms with van der Waals surface area (Å²) in [6.45, 7) is 6.58. The number of hydrogen-bond acceptors (Lipinski definition) is 4. The molecular formula is C19H29N3O3. The predicted octanol–water partition coefficient (Wildman–Crippen LogP) is 1.32. The number of carbonyl (C=O) groups is 2. The number of nitrogens with zero attached hydrogens (tertiary/aromatic N) is 1. The first-order chi connectivity index (χ1) is 11.9. The van der Waals surface area contributed by atoms with E-state index < -0.39 is 0 Å². The van der Waals surface area contributed by atoms with Gasteiger partial charge in [-0.1, -0.05) is 26.0 Å². The molecule has 25 heavy (non-hydrogen) atoms. The third-order valence-electron chi connectivity index (χ3n) is 4.51. The molecule has 6 nitrogen and oxygen atoms in total. The van der Waals surface area contributed by atoms with Crippen molar-refractivity contribution >= 4 is 11.8 Å². The molecule has 1 heterocycles. The maximum absolute atomic E-state index is 12.5. The van der Waals surface area contributed by atoms with E-state index in [0.717, 1.165) is 23.1 Å². The number of nitrogens with two attached hydrogens (primary N) is 1. The molecule has 0 spiro atoms. The summed E-state index contributed by atoms with van der Waals surface area (Å²) in [5.41, 5.74) is 8.36. The lowest BCUT2D eigenvalue weighted by molar-refractivity contribution is -0.120. The molecule has 0 bridgehead atoms. The molecule has 0 saturated carbocycles. The molecule has 1 atom stereocenters. The number of benzene rings is 1. The van der Waals surface area contributed by atoms with Crippen LogP contribution in [0.25, 0.3) is 0 Å². The molecule has 6 heteroatoms. The molecule has 138 valence electrons. The van der Waals surface area contributed by atoms with Crippen LogP contribution >= 0.6 is 0 Å². The zero-order chi connectivity index (χ0) is 18.4. The van der Waals surface area contributed by atoms with Crippen molar-refractivity contribution in [2.45, 2.75) is 39.3 Å². The van der Waals surface area contributed by atoms with Crippen LogP contribution < -0.4 is 11.1 Å². The lowest BCUT2D eigenvalue weighted by Gasteiger charge is -2.28. The van der Waals surface area contributed by atoms with E-state index in [-0.39, 0.29) is 17.9 Å². The van der Waals surface area contributed by atoms with E-state index in [1.807, 2.05) is 17.0 Å². The van der Waals surface area contributed by atoms with Gasteiger partial charge in [-0.25, -0.2) is 0 Å². The number of rotatable bonds is 9. The molecule has 1 aliphatic heterocycles. The van der Waals surface area contributed by atoms with E-state index in [0.29, 0.717) is 38.6 Å². The van der Waals surface area contributed by atoms with Gasteiger partial charge in [0.25, 0.3) is 5.91 Å². The molecule has 0 radical (unpaired) electrons. The van der Waals surface area contributed by atoms with Crippen molar-refractivity contribution in [3.8, 4) is 0 Å². The van der Waals surface area contributed by atoms with E-state index in [1.54, 1.807) is 7.11 Å². The van der Waals surface area contributed by atoms with Crippen LogP contribution in [0.3, 0.4) is 0 Å². The Morgan fingerprint density at radius 1 is 1.40 bits per heavy atom. The average molecular weight is 347 g/mol. The molecule has 0 saturated heterocycles. The Morgan fingerprint density at radius 3 is 2.80 bits per heavy atom. The number of fused-ring (bicyclic) bond motifs is 1. The Bertz CT molecular complexity index is 616. The third-order valence-corrected chi connectivity index (χ3v) is 4.51. The first-order valence-corrected chi connectivity index (χ1v) is 8.85. The molecule has 0 aliphatic carbocycles. The minimum atomic E-state index is -0.331. The molecule has 1 aliphatic rings. The molecule has 2 rings (SSSR count). The number of primary amides is 1. The highest BCUT2D eigenvalue weighted by molar-refractivity contribution is 5.96. The van der Waals surface area contributed by atoms with Crippen molar-refractivity contribution in [1.82, 2.24) is 10.2 Å². The molecule has 0 unspecified atom stereocenters. The third kappa shape index (κ3) is 5.28. The van der Waals surface area contributed by atoms with E-state index in [2.05, 4.69) is 25.2 Å². The largest absolute Gasteiger partial charge is 0.383 e. The molecule has 1 aromatic rings. The lowest BCUT2D eigenvalue weighted by Crippen LogP contribution is -2.42. The fourth-order valence-electron chi connectivity index (χ4n) is 3.13. The minimum absolute atomic E-state index is 0.0626. The van der Waals surface area contributed by atoms with E-state index >= 15 is 0 Å². The number of hydrogen-bond donors (Lipinski definition) is 2. The van der Waals surface area contributed by atoms with Crippen LogP contribution in [0.1, 0.15) is 41.8 Å². The zero-order valence-corrected chi connectivity index (χ0v) is 15.4. The van der Waals surface area contributed by atoms with Crippen LogP contribution in [0, 0.1) is 5.92 Å². The summed E-state index contributed by atoms with van der Waals surface area (Å²) in [7, 11) is 1.64. The van der Waals surface area contributed by atoms with Gasteiger partial charge in [0.2, 0.25) is 5.91 Å². The first-order valence-electron chi connectivity index (χ1n) is 8.85. The summed E-state index contributed by atoms with van der Waals surface area (Å²) < 4.78 is 5.06. The monoisotopic (exact) mass is 347 g/mol. The van der Waals surface area contributed by atoms with Crippen molar-refractivity contribution in [1.29, 1.82) is 0 Å². The molecule has 1 aromatic carbocycles. The quantitative estimate of drug-likeness (QED) is 0.706. The van der Waals surface area contributed by atoms with Gasteiger partial charge in [-0.3, -0.25) is 9.59 Å². The van der Waals surface area contributed by atoms with Crippen LogP contribution in [0.5, 0.6) is 0 Å².